The molecule has 1 aromatic rings. The Morgan fingerprint density at radius 2 is 1.63 bits per heavy atom. The molecule has 9 heteroatoms. The van der Waals surface area contributed by atoms with Crippen LogP contribution in [0, 0.1) is 0 Å². The van der Waals surface area contributed by atoms with Crippen molar-refractivity contribution in [1.82, 2.24) is 15.1 Å². The summed E-state index contributed by atoms with van der Waals surface area (Å²) in [6, 6.07) is 5.17. The number of nitrogens with one attached hydrogen (secondary N) is 1. The smallest absolute Gasteiger partial charge is 0.326 e. The number of benzene rings is 1. The van der Waals surface area contributed by atoms with E-state index in [-0.39, 0.29) is 5.91 Å². The van der Waals surface area contributed by atoms with Crippen molar-refractivity contribution in [2.75, 3.05) is 13.1 Å². The zero-order valence-corrected chi connectivity index (χ0v) is 16.9. The fraction of sp³-hybridized carbons (Fsp3) is 0.524. The number of aliphatic carboxylic acids is 2. The highest BCUT2D eigenvalue weighted by atomic mass is 16.4. The van der Waals surface area contributed by atoms with E-state index in [0.29, 0.717) is 44.3 Å². The largest absolute Gasteiger partial charge is 0.480 e. The lowest BCUT2D eigenvalue weighted by atomic mass is 10.0. The molecule has 1 aromatic carbocycles. The van der Waals surface area contributed by atoms with Crippen molar-refractivity contribution in [3.8, 4) is 0 Å². The third-order valence-corrected chi connectivity index (χ3v) is 5.85. The maximum absolute atomic E-state index is 12.9. The van der Waals surface area contributed by atoms with E-state index in [2.05, 4.69) is 5.32 Å². The van der Waals surface area contributed by atoms with Gasteiger partial charge < -0.3 is 20.0 Å². The molecule has 30 heavy (non-hydrogen) atoms. The van der Waals surface area contributed by atoms with Crippen LogP contribution in [0.4, 0.5) is 0 Å². The lowest BCUT2D eigenvalue weighted by molar-refractivity contribution is -0.149. The van der Waals surface area contributed by atoms with Gasteiger partial charge in [-0.1, -0.05) is 18.2 Å². The molecule has 2 aliphatic rings. The van der Waals surface area contributed by atoms with Gasteiger partial charge in [0.2, 0.25) is 5.91 Å². The van der Waals surface area contributed by atoms with Gasteiger partial charge in [0.05, 0.1) is 12.1 Å². The Morgan fingerprint density at radius 3 is 2.27 bits per heavy atom. The van der Waals surface area contributed by atoms with Crippen molar-refractivity contribution >= 4 is 23.8 Å². The first kappa shape index (κ1) is 21.8. The summed E-state index contributed by atoms with van der Waals surface area (Å²) < 4.78 is 0. The van der Waals surface area contributed by atoms with Crippen molar-refractivity contribution in [2.45, 2.75) is 56.8 Å². The Morgan fingerprint density at radius 1 is 1.00 bits per heavy atom. The molecule has 3 rings (SSSR count). The molecule has 2 aliphatic heterocycles. The highest BCUT2D eigenvalue weighted by Gasteiger charge is 2.42. The lowest BCUT2D eigenvalue weighted by Crippen LogP contribution is -2.59. The summed E-state index contributed by atoms with van der Waals surface area (Å²) in [7, 11) is 0. The number of rotatable bonds is 7. The molecule has 9 nitrogen and oxygen atoms in total. The fourth-order valence-corrected chi connectivity index (χ4v) is 4.36. The van der Waals surface area contributed by atoms with Crippen molar-refractivity contribution in [3.63, 3.8) is 0 Å². The van der Waals surface area contributed by atoms with E-state index in [0.717, 1.165) is 0 Å². The van der Waals surface area contributed by atoms with Crippen LogP contribution in [-0.2, 0) is 14.4 Å². The molecule has 0 aromatic heterocycles. The van der Waals surface area contributed by atoms with Crippen LogP contribution >= 0.6 is 0 Å². The van der Waals surface area contributed by atoms with Gasteiger partial charge in [-0.05, 0) is 44.7 Å². The zero-order valence-electron chi connectivity index (χ0n) is 16.9. The standard InChI is InChI=1S/C21H27N3O6/c1-13(18(25)24-12-6-10-16(24)20(27)28)22-17(21(29)30)15-9-5-11-23(15)19(26)14-7-3-2-4-8-14/h2-4,7-8,13,15-17,22H,5-6,9-12H2,1H3,(H,27,28)(H,29,30)/t13-,15-,16-,17-/m0/s1. The van der Waals surface area contributed by atoms with Crippen LogP contribution < -0.4 is 5.32 Å². The molecule has 2 saturated heterocycles. The number of hydrogen-bond acceptors (Lipinski definition) is 5. The minimum absolute atomic E-state index is 0.240. The first-order valence-electron chi connectivity index (χ1n) is 10.2. The summed E-state index contributed by atoms with van der Waals surface area (Å²) in [5.74, 6) is -2.89. The van der Waals surface area contributed by atoms with Crippen molar-refractivity contribution in [2.24, 2.45) is 0 Å². The van der Waals surface area contributed by atoms with Gasteiger partial charge in [0.25, 0.3) is 5.91 Å². The molecule has 0 unspecified atom stereocenters. The first-order chi connectivity index (χ1) is 14.3. The van der Waals surface area contributed by atoms with Gasteiger partial charge in [-0.2, -0.15) is 0 Å². The topological polar surface area (TPSA) is 127 Å². The molecule has 0 saturated carbocycles. The molecule has 3 N–H and O–H groups in total. The maximum atomic E-state index is 12.9. The third kappa shape index (κ3) is 4.46. The van der Waals surface area contributed by atoms with E-state index in [4.69, 9.17) is 0 Å². The molecule has 0 radical (unpaired) electrons. The van der Waals surface area contributed by atoms with Gasteiger partial charge in [0.1, 0.15) is 12.1 Å². The predicted octanol–water partition coefficient (Wildman–Crippen LogP) is 0.798. The number of carboxylic acids is 2. The Bertz CT molecular complexity index is 814. The van der Waals surface area contributed by atoms with E-state index >= 15 is 0 Å². The van der Waals surface area contributed by atoms with Crippen molar-refractivity contribution < 1.29 is 29.4 Å². The molecule has 0 spiro atoms. The molecule has 162 valence electrons. The van der Waals surface area contributed by atoms with Crippen LogP contribution in [0.25, 0.3) is 0 Å². The van der Waals surface area contributed by atoms with Gasteiger partial charge in [-0.15, -0.1) is 0 Å². The van der Waals surface area contributed by atoms with Crippen LogP contribution in [0.5, 0.6) is 0 Å². The molecule has 2 heterocycles. The molecule has 0 bridgehead atoms. The Hall–Kier alpha value is -2.94. The number of likely N-dealkylation sites (tertiary alicyclic amines) is 2. The second kappa shape index (κ2) is 9.25. The minimum Gasteiger partial charge on any atom is -0.480 e. The van der Waals surface area contributed by atoms with E-state index in [1.165, 1.54) is 11.8 Å². The van der Waals surface area contributed by atoms with E-state index in [1.807, 2.05) is 0 Å². The number of hydrogen-bond donors (Lipinski definition) is 3. The SMILES string of the molecule is C[C@H](N[C@H](C(=O)O)[C@@H]1CCCN1C(=O)c1ccccc1)C(=O)N1CCC[C@H]1C(=O)O. The minimum atomic E-state index is -1.15. The number of carboxylic acid groups (broad SMARTS) is 2. The van der Waals surface area contributed by atoms with E-state index < -0.39 is 42.0 Å². The quantitative estimate of drug-likeness (QED) is 0.599. The van der Waals surface area contributed by atoms with Crippen LogP contribution in [0.2, 0.25) is 0 Å². The van der Waals surface area contributed by atoms with E-state index in [9.17, 15) is 29.4 Å². The van der Waals surface area contributed by atoms with Crippen LogP contribution in [0.3, 0.4) is 0 Å². The molecule has 0 aliphatic carbocycles. The summed E-state index contributed by atoms with van der Waals surface area (Å²) >= 11 is 0. The highest BCUT2D eigenvalue weighted by molar-refractivity contribution is 5.95. The fourth-order valence-electron chi connectivity index (χ4n) is 4.36. The van der Waals surface area contributed by atoms with Crippen LogP contribution in [-0.4, -0.2) is 81.0 Å². The van der Waals surface area contributed by atoms with Crippen molar-refractivity contribution in [1.29, 1.82) is 0 Å². The average molecular weight is 417 g/mol. The molecule has 4 atom stereocenters. The summed E-state index contributed by atoms with van der Waals surface area (Å²) in [5.41, 5.74) is 0.485. The van der Waals surface area contributed by atoms with Crippen LogP contribution in [0.1, 0.15) is 43.0 Å². The summed E-state index contributed by atoms with van der Waals surface area (Å²) in [6.45, 7) is 2.31. The summed E-state index contributed by atoms with van der Waals surface area (Å²) in [4.78, 5) is 51.9. The van der Waals surface area contributed by atoms with Gasteiger partial charge in [0, 0.05) is 18.7 Å². The van der Waals surface area contributed by atoms with Gasteiger partial charge in [0.15, 0.2) is 0 Å². The lowest BCUT2D eigenvalue weighted by Gasteiger charge is -2.33. The Labute approximate surface area is 174 Å². The van der Waals surface area contributed by atoms with E-state index in [1.54, 1.807) is 35.2 Å². The van der Waals surface area contributed by atoms with Gasteiger partial charge >= 0.3 is 11.9 Å². The summed E-state index contributed by atoms with van der Waals surface area (Å²) in [6.07, 6.45) is 2.16. The zero-order chi connectivity index (χ0) is 21.8. The summed E-state index contributed by atoms with van der Waals surface area (Å²) in [5, 5.41) is 22.0. The number of amides is 2. The second-order valence-electron chi connectivity index (χ2n) is 7.81. The molecule has 2 amide bonds. The molecule has 2 fully saturated rings. The molecular formula is C21H27N3O6. The maximum Gasteiger partial charge on any atom is 0.326 e. The van der Waals surface area contributed by atoms with Crippen LogP contribution in [0.15, 0.2) is 30.3 Å². The van der Waals surface area contributed by atoms with Crippen molar-refractivity contribution in [3.05, 3.63) is 35.9 Å². The predicted molar refractivity (Wildman–Crippen MR) is 107 cm³/mol. The number of carbonyl (C=O) groups excluding carboxylic acids is 2. The molecular weight excluding hydrogens is 390 g/mol. The average Bonchev–Trinajstić information content (AvgIpc) is 3.40. The highest BCUT2D eigenvalue weighted by Crippen LogP contribution is 2.24. The monoisotopic (exact) mass is 417 g/mol. The first-order valence-corrected chi connectivity index (χ1v) is 10.2. The number of nitrogens with zero attached hydrogens (tertiary/aromatic N) is 2. The van der Waals surface area contributed by atoms with Gasteiger partial charge in [-0.3, -0.25) is 19.7 Å². The second-order valence-corrected chi connectivity index (χ2v) is 7.81. The third-order valence-electron chi connectivity index (χ3n) is 5.85. The normalized spacial score (nSPS) is 23.2. The number of carbonyl (C=O) groups is 4. The Balaban J connectivity index is 1.73. The Kier molecular flexibility index (Phi) is 6.71. The van der Waals surface area contributed by atoms with Gasteiger partial charge in [-0.25, -0.2) is 4.79 Å².